The van der Waals surface area contributed by atoms with Crippen LogP contribution < -0.4 is 5.32 Å². The lowest BCUT2D eigenvalue weighted by molar-refractivity contribution is -0.384. The first-order valence-electron chi connectivity index (χ1n) is 7.34. The fraction of sp³-hybridized carbons (Fsp3) is 0.0588. The fourth-order valence-electron chi connectivity index (χ4n) is 2.33. The van der Waals surface area contributed by atoms with E-state index < -0.39 is 10.8 Å². The lowest BCUT2D eigenvalue weighted by atomic mass is 10.1. The molecule has 126 valence electrons. The molecule has 0 spiro atoms. The molecular weight excluding hydrogens is 344 g/mol. The van der Waals surface area contributed by atoms with Gasteiger partial charge in [-0.05, 0) is 29.8 Å². The van der Waals surface area contributed by atoms with Crippen LogP contribution in [0.5, 0.6) is 0 Å². The van der Waals surface area contributed by atoms with Crippen molar-refractivity contribution in [1.82, 2.24) is 9.78 Å². The summed E-state index contributed by atoms with van der Waals surface area (Å²) in [6.45, 7) is 0.578. The van der Waals surface area contributed by atoms with Crippen LogP contribution in [0.1, 0.15) is 15.9 Å². The monoisotopic (exact) mass is 356 g/mol. The van der Waals surface area contributed by atoms with Crippen LogP contribution in [0.3, 0.4) is 0 Å². The minimum Gasteiger partial charge on any atom is -0.322 e. The predicted octanol–water partition coefficient (Wildman–Crippen LogP) is 3.75. The largest absolute Gasteiger partial charge is 0.322 e. The van der Waals surface area contributed by atoms with E-state index in [2.05, 4.69) is 10.4 Å². The maximum Gasteiger partial charge on any atom is 0.270 e. The van der Waals surface area contributed by atoms with Gasteiger partial charge in [-0.25, -0.2) is 0 Å². The van der Waals surface area contributed by atoms with Gasteiger partial charge in [0.25, 0.3) is 11.6 Å². The Kier molecular flexibility index (Phi) is 4.76. The molecule has 3 rings (SSSR count). The molecule has 1 N–H and O–H groups in total. The van der Waals surface area contributed by atoms with Crippen LogP contribution in [-0.2, 0) is 6.54 Å². The lowest BCUT2D eigenvalue weighted by Crippen LogP contribution is -2.13. The highest BCUT2D eigenvalue weighted by Gasteiger charge is 2.15. The van der Waals surface area contributed by atoms with Crippen molar-refractivity contribution < 1.29 is 9.72 Å². The standard InChI is InChI=1S/C17H13ClN4O3/c18-16-10-14(22(24)25)5-6-15(16)17(23)20-13-4-1-3-12(9-13)11-21-8-2-7-19-21/h1-10H,11H2,(H,20,23). The van der Waals surface area contributed by atoms with Crippen molar-refractivity contribution in [3.8, 4) is 0 Å². The van der Waals surface area contributed by atoms with Crippen LogP contribution in [0.25, 0.3) is 0 Å². The zero-order valence-electron chi connectivity index (χ0n) is 12.9. The summed E-state index contributed by atoms with van der Waals surface area (Å²) in [5.41, 5.74) is 1.58. The van der Waals surface area contributed by atoms with E-state index in [1.807, 2.05) is 30.5 Å². The molecule has 0 aliphatic heterocycles. The van der Waals surface area contributed by atoms with Crippen molar-refractivity contribution in [3.05, 3.63) is 87.2 Å². The van der Waals surface area contributed by atoms with Crippen LogP contribution in [0.2, 0.25) is 5.02 Å². The van der Waals surface area contributed by atoms with Gasteiger partial charge in [0.1, 0.15) is 0 Å². The van der Waals surface area contributed by atoms with Crippen molar-refractivity contribution >= 4 is 28.9 Å². The van der Waals surface area contributed by atoms with E-state index >= 15 is 0 Å². The Morgan fingerprint density at radius 3 is 2.76 bits per heavy atom. The van der Waals surface area contributed by atoms with Crippen LogP contribution in [0.4, 0.5) is 11.4 Å². The van der Waals surface area contributed by atoms with E-state index in [9.17, 15) is 14.9 Å². The molecular formula is C17H13ClN4O3. The van der Waals surface area contributed by atoms with Crippen LogP contribution in [0.15, 0.2) is 60.9 Å². The molecule has 25 heavy (non-hydrogen) atoms. The second-order valence-electron chi connectivity index (χ2n) is 5.28. The molecule has 1 heterocycles. The fourth-order valence-corrected chi connectivity index (χ4v) is 2.59. The molecule has 0 saturated heterocycles. The summed E-state index contributed by atoms with van der Waals surface area (Å²) in [6.07, 6.45) is 3.55. The number of non-ortho nitro benzene ring substituents is 1. The van der Waals surface area contributed by atoms with Crippen molar-refractivity contribution in [3.63, 3.8) is 0 Å². The van der Waals surface area contributed by atoms with Gasteiger partial charge in [-0.3, -0.25) is 19.6 Å². The molecule has 0 aliphatic rings. The van der Waals surface area contributed by atoms with Crippen molar-refractivity contribution in [2.75, 3.05) is 5.32 Å². The molecule has 7 nitrogen and oxygen atoms in total. The topological polar surface area (TPSA) is 90.1 Å². The third kappa shape index (κ3) is 4.02. The molecule has 0 unspecified atom stereocenters. The molecule has 0 saturated carbocycles. The van der Waals surface area contributed by atoms with Gasteiger partial charge in [0.2, 0.25) is 0 Å². The first kappa shape index (κ1) is 16.7. The number of carbonyl (C=O) groups is 1. The van der Waals surface area contributed by atoms with E-state index in [-0.39, 0.29) is 16.3 Å². The van der Waals surface area contributed by atoms with Crippen LogP contribution in [0, 0.1) is 10.1 Å². The molecule has 0 aliphatic carbocycles. The van der Waals surface area contributed by atoms with E-state index in [1.165, 1.54) is 12.1 Å². The van der Waals surface area contributed by atoms with Gasteiger partial charge in [-0.2, -0.15) is 5.10 Å². The highest BCUT2D eigenvalue weighted by molar-refractivity contribution is 6.34. The van der Waals surface area contributed by atoms with Gasteiger partial charge in [0, 0.05) is 30.2 Å². The van der Waals surface area contributed by atoms with Gasteiger partial charge < -0.3 is 5.32 Å². The molecule has 1 amide bonds. The maximum atomic E-state index is 12.4. The Morgan fingerprint density at radius 1 is 1.24 bits per heavy atom. The summed E-state index contributed by atoms with van der Waals surface area (Å²) in [6, 6.07) is 12.9. The smallest absolute Gasteiger partial charge is 0.270 e. The Balaban J connectivity index is 1.76. The number of carbonyl (C=O) groups excluding carboxylic acids is 1. The number of hydrogen-bond acceptors (Lipinski definition) is 4. The number of nitro benzene ring substituents is 1. The molecule has 0 radical (unpaired) electrons. The number of hydrogen-bond donors (Lipinski definition) is 1. The highest BCUT2D eigenvalue weighted by atomic mass is 35.5. The number of nitrogens with zero attached hydrogens (tertiary/aromatic N) is 3. The average molecular weight is 357 g/mol. The average Bonchev–Trinajstić information content (AvgIpc) is 3.07. The Morgan fingerprint density at radius 2 is 2.08 bits per heavy atom. The van der Waals surface area contributed by atoms with Crippen molar-refractivity contribution in [2.24, 2.45) is 0 Å². The van der Waals surface area contributed by atoms with Gasteiger partial charge in [0.05, 0.1) is 22.1 Å². The summed E-state index contributed by atoms with van der Waals surface area (Å²) < 4.78 is 1.77. The number of nitro groups is 1. The molecule has 8 heteroatoms. The van der Waals surface area contributed by atoms with Crippen LogP contribution in [-0.4, -0.2) is 20.6 Å². The number of nitrogens with one attached hydrogen (secondary N) is 1. The minimum atomic E-state index is -0.563. The van der Waals surface area contributed by atoms with E-state index in [0.29, 0.717) is 12.2 Å². The second-order valence-corrected chi connectivity index (χ2v) is 5.69. The van der Waals surface area contributed by atoms with Gasteiger partial charge >= 0.3 is 0 Å². The van der Waals surface area contributed by atoms with E-state index in [0.717, 1.165) is 11.6 Å². The summed E-state index contributed by atoms with van der Waals surface area (Å²) in [5.74, 6) is -0.434. The number of amides is 1. The molecule has 3 aromatic rings. The van der Waals surface area contributed by atoms with E-state index in [1.54, 1.807) is 16.9 Å². The zero-order chi connectivity index (χ0) is 17.8. The first-order valence-corrected chi connectivity index (χ1v) is 7.72. The van der Waals surface area contributed by atoms with Gasteiger partial charge in [-0.15, -0.1) is 0 Å². The summed E-state index contributed by atoms with van der Waals surface area (Å²) >= 11 is 5.98. The Hall–Kier alpha value is -3.19. The van der Waals surface area contributed by atoms with Crippen molar-refractivity contribution in [1.29, 1.82) is 0 Å². The number of anilines is 1. The number of benzene rings is 2. The molecule has 1 aromatic heterocycles. The predicted molar refractivity (Wildman–Crippen MR) is 93.8 cm³/mol. The molecule has 0 atom stereocenters. The summed E-state index contributed by atoms with van der Waals surface area (Å²) in [7, 11) is 0. The number of halogens is 1. The van der Waals surface area contributed by atoms with Crippen LogP contribution >= 0.6 is 11.6 Å². The Labute approximate surface area is 148 Å². The Bertz CT molecular complexity index is 925. The van der Waals surface area contributed by atoms with Gasteiger partial charge in [0.15, 0.2) is 0 Å². The second kappa shape index (κ2) is 7.14. The van der Waals surface area contributed by atoms with Crippen molar-refractivity contribution in [2.45, 2.75) is 6.54 Å². The molecule has 2 aromatic carbocycles. The van der Waals surface area contributed by atoms with E-state index in [4.69, 9.17) is 11.6 Å². The molecule has 0 fully saturated rings. The highest BCUT2D eigenvalue weighted by Crippen LogP contribution is 2.23. The zero-order valence-corrected chi connectivity index (χ0v) is 13.7. The maximum absolute atomic E-state index is 12.4. The number of aromatic nitrogens is 2. The first-order chi connectivity index (χ1) is 12.0. The summed E-state index contributed by atoms with van der Waals surface area (Å²) in [5, 5.41) is 17.6. The SMILES string of the molecule is O=C(Nc1cccc(Cn2cccn2)c1)c1ccc([N+](=O)[O-])cc1Cl. The summed E-state index contributed by atoms with van der Waals surface area (Å²) in [4.78, 5) is 22.5. The van der Waals surface area contributed by atoms with Gasteiger partial charge in [-0.1, -0.05) is 23.7 Å². The molecule has 0 bridgehead atoms. The normalized spacial score (nSPS) is 10.4. The third-order valence-electron chi connectivity index (χ3n) is 3.50. The number of rotatable bonds is 5. The minimum absolute atomic E-state index is 0.0272. The quantitative estimate of drug-likeness (QED) is 0.557. The lowest BCUT2D eigenvalue weighted by Gasteiger charge is -2.09. The third-order valence-corrected chi connectivity index (χ3v) is 3.81.